The molecule has 6 aromatic rings. The molecule has 0 unspecified atom stereocenters. The summed E-state index contributed by atoms with van der Waals surface area (Å²) in [5.41, 5.74) is 7.13. The van der Waals surface area contributed by atoms with Crippen LogP contribution in [0.4, 0.5) is 10.1 Å². The number of benzene rings is 2. The average molecular weight is 598 g/mol. The molecule has 0 saturated heterocycles. The summed E-state index contributed by atoms with van der Waals surface area (Å²) in [5.74, 6) is -0.536. The van der Waals surface area contributed by atoms with Crippen LogP contribution in [0.25, 0.3) is 55.4 Å². The summed E-state index contributed by atoms with van der Waals surface area (Å²) in [7, 11) is -3.44. The van der Waals surface area contributed by atoms with E-state index in [9.17, 15) is 17.6 Å². The van der Waals surface area contributed by atoms with Gasteiger partial charge in [0.05, 0.1) is 41.1 Å². The molecule has 218 valence electrons. The predicted molar refractivity (Wildman–Crippen MR) is 165 cm³/mol. The van der Waals surface area contributed by atoms with E-state index in [1.807, 2.05) is 37.3 Å². The molecule has 0 aliphatic carbocycles. The summed E-state index contributed by atoms with van der Waals surface area (Å²) in [5, 5.41) is 12.2. The van der Waals surface area contributed by atoms with Crippen molar-refractivity contribution >= 4 is 43.4 Å². The van der Waals surface area contributed by atoms with E-state index in [4.69, 9.17) is 0 Å². The van der Waals surface area contributed by atoms with Gasteiger partial charge in [0.15, 0.2) is 0 Å². The molecule has 2 aromatic carbocycles. The van der Waals surface area contributed by atoms with Gasteiger partial charge in [-0.2, -0.15) is 5.10 Å². The van der Waals surface area contributed by atoms with E-state index in [1.54, 1.807) is 30.9 Å². The predicted octanol–water partition coefficient (Wildman–Crippen LogP) is 5.76. The Bertz CT molecular complexity index is 2100. The molecular formula is C31H28FN7O3S. The molecule has 10 nitrogen and oxygen atoms in total. The normalized spacial score (nSPS) is 11.8. The number of halogens is 1. The Morgan fingerprint density at radius 3 is 2.56 bits per heavy atom. The van der Waals surface area contributed by atoms with Gasteiger partial charge >= 0.3 is 0 Å². The van der Waals surface area contributed by atoms with Crippen LogP contribution in [0.15, 0.2) is 73.3 Å². The number of anilines is 1. The Morgan fingerprint density at radius 1 is 0.907 bits per heavy atom. The third kappa shape index (κ3) is 6.15. The van der Waals surface area contributed by atoms with Gasteiger partial charge in [0.2, 0.25) is 15.9 Å². The number of hydrogen-bond acceptors (Lipinski definition) is 6. The number of aromatic nitrogens is 5. The molecule has 0 saturated carbocycles. The first-order valence-corrected chi connectivity index (χ1v) is 15.5. The molecule has 43 heavy (non-hydrogen) atoms. The molecule has 4 N–H and O–H groups in total. The Balaban J connectivity index is 1.37. The van der Waals surface area contributed by atoms with Gasteiger partial charge in [0.25, 0.3) is 0 Å². The van der Waals surface area contributed by atoms with Gasteiger partial charge in [-0.15, -0.1) is 0 Å². The molecule has 0 spiro atoms. The van der Waals surface area contributed by atoms with Crippen molar-refractivity contribution in [2.75, 3.05) is 11.6 Å². The minimum absolute atomic E-state index is 0.0312. The topological polar surface area (TPSA) is 146 Å². The minimum atomic E-state index is -3.44. The highest BCUT2D eigenvalue weighted by molar-refractivity contribution is 7.88. The van der Waals surface area contributed by atoms with Crippen LogP contribution < -0.4 is 10.0 Å². The van der Waals surface area contributed by atoms with Crippen molar-refractivity contribution < 1.29 is 17.6 Å². The lowest BCUT2D eigenvalue weighted by molar-refractivity contribution is -0.116. The minimum Gasteiger partial charge on any atom is -0.352 e. The molecule has 6 rings (SSSR count). The summed E-state index contributed by atoms with van der Waals surface area (Å²) in [4.78, 5) is 24.1. The zero-order chi connectivity index (χ0) is 30.1. The van der Waals surface area contributed by atoms with E-state index in [0.29, 0.717) is 34.5 Å². The fourth-order valence-electron chi connectivity index (χ4n) is 5.05. The number of nitrogens with one attached hydrogen (secondary N) is 4. The Labute approximate surface area is 246 Å². The lowest BCUT2D eigenvalue weighted by Crippen LogP contribution is -2.21. The highest BCUT2D eigenvalue weighted by Gasteiger charge is 2.16. The molecule has 0 bridgehead atoms. The average Bonchev–Trinajstić information content (AvgIpc) is 3.59. The van der Waals surface area contributed by atoms with Crippen molar-refractivity contribution in [2.24, 2.45) is 0 Å². The summed E-state index contributed by atoms with van der Waals surface area (Å²) in [6.07, 6.45) is 8.98. The first-order valence-electron chi connectivity index (χ1n) is 13.6. The number of rotatable bonds is 9. The summed E-state index contributed by atoms with van der Waals surface area (Å²) < 4.78 is 40.1. The highest BCUT2D eigenvalue weighted by Crippen LogP contribution is 2.35. The third-order valence-corrected chi connectivity index (χ3v) is 7.67. The van der Waals surface area contributed by atoms with Gasteiger partial charge in [0, 0.05) is 47.3 Å². The van der Waals surface area contributed by atoms with Crippen LogP contribution in [-0.2, 0) is 21.4 Å². The largest absolute Gasteiger partial charge is 0.352 e. The number of nitrogens with zero attached hydrogens (tertiary/aromatic N) is 3. The van der Waals surface area contributed by atoms with E-state index in [2.05, 4.69) is 35.2 Å². The zero-order valence-electron chi connectivity index (χ0n) is 23.4. The van der Waals surface area contributed by atoms with Crippen molar-refractivity contribution in [2.45, 2.75) is 26.3 Å². The molecular weight excluding hydrogens is 569 g/mol. The first-order chi connectivity index (χ1) is 20.7. The maximum atomic E-state index is 14.6. The molecule has 4 heterocycles. The monoisotopic (exact) mass is 597 g/mol. The number of carbonyl (C=O) groups excluding carboxylic acids is 1. The van der Waals surface area contributed by atoms with Crippen LogP contribution in [0, 0.1) is 5.82 Å². The van der Waals surface area contributed by atoms with Gasteiger partial charge in [-0.3, -0.25) is 19.9 Å². The molecule has 4 aromatic heterocycles. The number of carbonyl (C=O) groups is 1. The second-order valence-corrected chi connectivity index (χ2v) is 12.2. The van der Waals surface area contributed by atoms with Crippen LogP contribution in [0.5, 0.6) is 0 Å². The number of fused-ring (bicyclic) bond motifs is 2. The third-order valence-electron chi connectivity index (χ3n) is 7.00. The van der Waals surface area contributed by atoms with Crippen molar-refractivity contribution in [1.29, 1.82) is 0 Å². The number of amides is 1. The lowest BCUT2D eigenvalue weighted by atomic mass is 10.0. The van der Waals surface area contributed by atoms with E-state index >= 15 is 0 Å². The van der Waals surface area contributed by atoms with Crippen LogP contribution in [0.2, 0.25) is 0 Å². The van der Waals surface area contributed by atoms with Crippen LogP contribution in [-0.4, -0.2) is 45.7 Å². The first kappa shape index (κ1) is 28.2. The van der Waals surface area contributed by atoms with E-state index in [-0.39, 0.29) is 12.5 Å². The van der Waals surface area contributed by atoms with Gasteiger partial charge in [-0.25, -0.2) is 17.5 Å². The molecule has 12 heteroatoms. The molecule has 0 aliphatic heterocycles. The molecule has 0 atom stereocenters. The maximum Gasteiger partial charge on any atom is 0.224 e. The highest BCUT2D eigenvalue weighted by atomic mass is 32.2. The van der Waals surface area contributed by atoms with E-state index in [1.165, 1.54) is 12.1 Å². The maximum absolute atomic E-state index is 14.6. The summed E-state index contributed by atoms with van der Waals surface area (Å²) >= 11 is 0. The Hall–Kier alpha value is -4.94. The number of aromatic amines is 2. The number of sulfonamides is 1. The molecule has 0 radical (unpaired) electrons. The smallest absolute Gasteiger partial charge is 0.224 e. The fraction of sp³-hybridized carbons (Fsp3) is 0.161. The second-order valence-electron chi connectivity index (χ2n) is 10.4. The standard InChI is InChI=1S/C31H28FN7O3S/c1-3-4-30(40)36-23-10-21(14-33-15-23)19-5-6-27-25(11-19)31(39-38-27)28-12-24-26(16-34-17-29(24)37-28)20-7-18(8-22(32)9-20)13-35-43(2,41)42/h5-12,14-17,35,37H,3-4,13H2,1-2H3,(H,36,40)(H,38,39). The number of H-pyrrole nitrogens is 2. The van der Waals surface area contributed by atoms with Gasteiger partial charge in [-0.1, -0.05) is 13.0 Å². The second kappa shape index (κ2) is 11.4. The SMILES string of the molecule is CCCC(=O)Nc1cncc(-c2ccc3[nH]nc(-c4cc5c(-c6cc(F)cc(CNS(C)(=O)=O)c6)cncc5[nH]4)c3c2)c1. The van der Waals surface area contributed by atoms with E-state index < -0.39 is 15.8 Å². The van der Waals surface area contributed by atoms with Gasteiger partial charge < -0.3 is 10.3 Å². The zero-order valence-corrected chi connectivity index (χ0v) is 24.2. The van der Waals surface area contributed by atoms with Crippen molar-refractivity contribution in [1.82, 2.24) is 29.9 Å². The molecule has 0 aliphatic rings. The van der Waals surface area contributed by atoms with Crippen LogP contribution in [0.1, 0.15) is 25.3 Å². The lowest BCUT2D eigenvalue weighted by Gasteiger charge is -2.08. The summed E-state index contributed by atoms with van der Waals surface area (Å²) in [6, 6.07) is 14.2. The van der Waals surface area contributed by atoms with Crippen molar-refractivity contribution in [3.8, 4) is 33.6 Å². The van der Waals surface area contributed by atoms with Crippen LogP contribution in [0.3, 0.4) is 0 Å². The Morgan fingerprint density at radius 2 is 1.74 bits per heavy atom. The van der Waals surface area contributed by atoms with Gasteiger partial charge in [0.1, 0.15) is 11.5 Å². The fourth-order valence-corrected chi connectivity index (χ4v) is 5.48. The number of hydrogen-bond donors (Lipinski definition) is 4. The summed E-state index contributed by atoms with van der Waals surface area (Å²) in [6.45, 7) is 1.92. The van der Waals surface area contributed by atoms with Gasteiger partial charge in [-0.05, 0) is 65.6 Å². The molecule has 0 fully saturated rings. The Kier molecular flexibility index (Phi) is 7.46. The number of pyridine rings is 2. The van der Waals surface area contributed by atoms with Crippen molar-refractivity contribution in [3.05, 3.63) is 84.7 Å². The van der Waals surface area contributed by atoms with Crippen LogP contribution >= 0.6 is 0 Å². The molecule has 1 amide bonds. The van der Waals surface area contributed by atoms with Crippen molar-refractivity contribution in [3.63, 3.8) is 0 Å². The van der Waals surface area contributed by atoms with E-state index in [0.717, 1.165) is 51.3 Å². The quantitative estimate of drug-likeness (QED) is 0.167.